The molecule has 0 aromatic carbocycles. The molecule has 0 spiro atoms. The molecule has 1 aromatic rings. The Labute approximate surface area is 144 Å². The van der Waals surface area contributed by atoms with Crippen molar-refractivity contribution in [3.05, 3.63) is 11.8 Å². The Kier molecular flexibility index (Phi) is 6.23. The lowest BCUT2D eigenvalue weighted by Gasteiger charge is -2.35. The molecule has 0 radical (unpaired) electrons. The van der Waals surface area contributed by atoms with E-state index in [1.54, 1.807) is 0 Å². The first-order valence-corrected chi connectivity index (χ1v) is 9.09. The van der Waals surface area contributed by atoms with E-state index < -0.39 is 0 Å². The highest BCUT2D eigenvalue weighted by Gasteiger charge is 2.23. The summed E-state index contributed by atoms with van der Waals surface area (Å²) in [6.07, 6.45) is 2.22. The third-order valence-corrected chi connectivity index (χ3v) is 4.71. The molecule has 1 aromatic heterocycles. The van der Waals surface area contributed by atoms with Crippen molar-refractivity contribution in [3.63, 3.8) is 0 Å². The molecule has 0 amide bonds. The average Bonchev–Trinajstić information content (AvgIpc) is 3.15. The van der Waals surface area contributed by atoms with Crippen molar-refractivity contribution in [1.82, 2.24) is 14.9 Å². The zero-order chi connectivity index (χ0) is 16.8. The molecule has 2 N–H and O–H groups in total. The number of ether oxygens (including phenoxy) is 1. The van der Waals surface area contributed by atoms with Crippen LogP contribution in [0, 0.1) is 0 Å². The van der Waals surface area contributed by atoms with E-state index in [1.165, 1.54) is 13.0 Å². The summed E-state index contributed by atoms with van der Waals surface area (Å²) in [7, 11) is 0. The van der Waals surface area contributed by atoms with Crippen LogP contribution in [-0.4, -0.2) is 79.1 Å². The molecule has 2 fully saturated rings. The lowest BCUT2D eigenvalue weighted by Crippen LogP contribution is -2.47. The number of hydrogen-bond acceptors (Lipinski definition) is 7. The molecule has 0 aliphatic carbocycles. The minimum Gasteiger partial charge on any atom is -0.395 e. The van der Waals surface area contributed by atoms with E-state index in [-0.39, 0.29) is 6.61 Å². The number of anilines is 2. The number of aliphatic hydroxyl groups excluding tert-OH is 1. The Balaban J connectivity index is 1.74. The minimum atomic E-state index is 0.0746. The predicted molar refractivity (Wildman–Crippen MR) is 94.7 cm³/mol. The van der Waals surface area contributed by atoms with Gasteiger partial charge in [0.05, 0.1) is 18.9 Å². The fourth-order valence-electron chi connectivity index (χ4n) is 3.36. The second-order valence-electron chi connectivity index (χ2n) is 6.51. The fraction of sp³-hybridized carbons (Fsp3) is 0.765. The van der Waals surface area contributed by atoms with Crippen molar-refractivity contribution in [2.45, 2.75) is 25.7 Å². The van der Waals surface area contributed by atoms with Crippen LogP contribution in [0.2, 0.25) is 0 Å². The molecule has 0 unspecified atom stereocenters. The van der Waals surface area contributed by atoms with Crippen LogP contribution >= 0.6 is 0 Å². The Morgan fingerprint density at radius 1 is 1.29 bits per heavy atom. The van der Waals surface area contributed by atoms with Crippen LogP contribution in [0.1, 0.15) is 31.4 Å². The largest absolute Gasteiger partial charge is 0.395 e. The molecule has 2 saturated heterocycles. The molecule has 3 rings (SSSR count). The van der Waals surface area contributed by atoms with E-state index in [9.17, 15) is 0 Å². The number of hydrogen-bond donors (Lipinski definition) is 2. The summed E-state index contributed by atoms with van der Waals surface area (Å²) in [4.78, 5) is 14.2. The summed E-state index contributed by atoms with van der Waals surface area (Å²) in [5.41, 5.74) is 1.05. The van der Waals surface area contributed by atoms with Crippen LogP contribution in [0.15, 0.2) is 6.07 Å². The van der Waals surface area contributed by atoms with Crippen molar-refractivity contribution < 1.29 is 9.84 Å². The molecule has 0 bridgehead atoms. The molecule has 0 saturated carbocycles. The van der Waals surface area contributed by atoms with E-state index >= 15 is 0 Å². The first-order chi connectivity index (χ1) is 11.8. The van der Waals surface area contributed by atoms with E-state index in [4.69, 9.17) is 9.84 Å². The highest BCUT2D eigenvalue weighted by molar-refractivity contribution is 5.46. The second-order valence-corrected chi connectivity index (χ2v) is 6.51. The first kappa shape index (κ1) is 17.4. The van der Waals surface area contributed by atoms with Crippen molar-refractivity contribution in [3.8, 4) is 0 Å². The lowest BCUT2D eigenvalue weighted by atomic mass is 10.0. The molecular formula is C17H29N5O2. The summed E-state index contributed by atoms with van der Waals surface area (Å²) in [5, 5.41) is 12.2. The summed E-state index contributed by atoms with van der Waals surface area (Å²) in [6.45, 7) is 9.64. The van der Waals surface area contributed by atoms with E-state index in [0.29, 0.717) is 18.4 Å². The maximum Gasteiger partial charge on any atom is 0.224 e. The molecule has 7 nitrogen and oxygen atoms in total. The van der Waals surface area contributed by atoms with Gasteiger partial charge in [-0.1, -0.05) is 6.92 Å². The Hall–Kier alpha value is -1.44. The van der Waals surface area contributed by atoms with Gasteiger partial charge in [-0.2, -0.15) is 4.98 Å². The summed E-state index contributed by atoms with van der Waals surface area (Å²) < 4.78 is 5.52. The molecular weight excluding hydrogens is 306 g/mol. The number of aliphatic hydroxyl groups is 1. The van der Waals surface area contributed by atoms with Crippen molar-refractivity contribution in [2.75, 3.05) is 69.3 Å². The fourth-order valence-corrected chi connectivity index (χ4v) is 3.36. The Morgan fingerprint density at radius 2 is 2.12 bits per heavy atom. The van der Waals surface area contributed by atoms with Gasteiger partial charge in [0.1, 0.15) is 5.82 Å². The average molecular weight is 335 g/mol. The van der Waals surface area contributed by atoms with Crippen LogP contribution in [0.5, 0.6) is 0 Å². The summed E-state index contributed by atoms with van der Waals surface area (Å²) >= 11 is 0. The van der Waals surface area contributed by atoms with Crippen LogP contribution in [0.4, 0.5) is 11.8 Å². The summed E-state index contributed by atoms with van der Waals surface area (Å²) in [5.74, 6) is 1.95. The van der Waals surface area contributed by atoms with Crippen molar-refractivity contribution >= 4 is 11.8 Å². The number of aromatic nitrogens is 2. The molecule has 2 aliphatic heterocycles. The highest BCUT2D eigenvalue weighted by atomic mass is 16.5. The number of rotatable bonds is 7. The molecule has 24 heavy (non-hydrogen) atoms. The Morgan fingerprint density at radius 3 is 2.79 bits per heavy atom. The topological polar surface area (TPSA) is 73.8 Å². The second kappa shape index (κ2) is 8.60. The predicted octanol–water partition coefficient (Wildman–Crippen LogP) is 0.917. The third-order valence-electron chi connectivity index (χ3n) is 4.71. The normalized spacial score (nSPS) is 22.1. The number of nitrogens with one attached hydrogen (secondary N) is 1. The van der Waals surface area contributed by atoms with Crippen LogP contribution in [0.3, 0.4) is 0 Å². The van der Waals surface area contributed by atoms with Gasteiger partial charge in [-0.3, -0.25) is 4.90 Å². The van der Waals surface area contributed by atoms with Crippen LogP contribution in [0.25, 0.3) is 0 Å². The van der Waals surface area contributed by atoms with E-state index in [2.05, 4.69) is 38.1 Å². The van der Waals surface area contributed by atoms with Gasteiger partial charge in [0.2, 0.25) is 5.95 Å². The number of nitrogens with zero attached hydrogens (tertiary/aromatic N) is 4. The van der Waals surface area contributed by atoms with E-state index in [1.807, 2.05) is 0 Å². The third kappa shape index (κ3) is 4.34. The van der Waals surface area contributed by atoms with E-state index in [0.717, 1.165) is 57.3 Å². The molecule has 3 heterocycles. The maximum atomic E-state index is 9.05. The zero-order valence-electron chi connectivity index (χ0n) is 14.6. The summed E-state index contributed by atoms with van der Waals surface area (Å²) in [6, 6.07) is 2.12. The molecule has 2 aliphatic rings. The van der Waals surface area contributed by atoms with Gasteiger partial charge >= 0.3 is 0 Å². The van der Waals surface area contributed by atoms with Crippen LogP contribution < -0.4 is 10.2 Å². The number of piperazine rings is 1. The van der Waals surface area contributed by atoms with Crippen LogP contribution in [-0.2, 0) is 4.74 Å². The zero-order valence-corrected chi connectivity index (χ0v) is 14.6. The molecule has 7 heteroatoms. The molecule has 134 valence electrons. The van der Waals surface area contributed by atoms with Crippen molar-refractivity contribution in [2.24, 2.45) is 0 Å². The molecule has 1 atom stereocenters. The first-order valence-electron chi connectivity index (χ1n) is 9.09. The van der Waals surface area contributed by atoms with Gasteiger partial charge in [-0.05, 0) is 19.4 Å². The maximum absolute atomic E-state index is 9.05. The van der Waals surface area contributed by atoms with Gasteiger partial charge in [0.25, 0.3) is 0 Å². The Bertz CT molecular complexity index is 514. The minimum absolute atomic E-state index is 0.0746. The van der Waals surface area contributed by atoms with Gasteiger partial charge in [-0.15, -0.1) is 0 Å². The van der Waals surface area contributed by atoms with Gasteiger partial charge in [0.15, 0.2) is 0 Å². The smallest absolute Gasteiger partial charge is 0.224 e. The van der Waals surface area contributed by atoms with Crippen molar-refractivity contribution in [1.29, 1.82) is 0 Å². The monoisotopic (exact) mass is 335 g/mol. The quantitative estimate of drug-likeness (QED) is 0.767. The highest BCUT2D eigenvalue weighted by Crippen LogP contribution is 2.27. The van der Waals surface area contributed by atoms with Gasteiger partial charge in [0, 0.05) is 51.3 Å². The van der Waals surface area contributed by atoms with Gasteiger partial charge < -0.3 is 20.1 Å². The standard InChI is InChI=1S/C17H29N5O2/c1-2-5-21-6-8-22(9-7-21)16-12-15(14-3-11-24-13-14)19-17(20-16)18-4-10-23/h12,14,23H,2-11,13H2,1H3,(H,18,19,20)/t14-/m1/s1. The van der Waals surface area contributed by atoms with Gasteiger partial charge in [-0.25, -0.2) is 4.98 Å². The lowest BCUT2D eigenvalue weighted by molar-refractivity contribution is 0.193. The SMILES string of the molecule is CCCN1CCN(c2cc([C@@H]3CCOC3)nc(NCCO)n2)CC1.